The minimum atomic E-state index is -0.313. The van der Waals surface area contributed by atoms with Crippen LogP contribution in [-0.4, -0.2) is 41.6 Å². The van der Waals surface area contributed by atoms with Crippen LogP contribution in [0.1, 0.15) is 25.3 Å². The zero-order valence-corrected chi connectivity index (χ0v) is 11.9. The van der Waals surface area contributed by atoms with Crippen molar-refractivity contribution in [2.45, 2.75) is 37.7 Å². The third kappa shape index (κ3) is 2.43. The Labute approximate surface area is 118 Å². The predicted octanol–water partition coefficient (Wildman–Crippen LogP) is 2.63. The van der Waals surface area contributed by atoms with Crippen molar-refractivity contribution in [3.63, 3.8) is 0 Å². The Kier molecular flexibility index (Phi) is 3.63. The second-order valence-corrected chi connectivity index (χ2v) is 5.83. The lowest BCUT2D eigenvalue weighted by Gasteiger charge is -2.43. The number of piperazine rings is 1. The second-order valence-electron chi connectivity index (χ2n) is 5.56. The molecule has 0 radical (unpaired) electrons. The summed E-state index contributed by atoms with van der Waals surface area (Å²) >= 11 is 5.94. The van der Waals surface area contributed by atoms with E-state index in [1.54, 1.807) is 0 Å². The van der Waals surface area contributed by atoms with Gasteiger partial charge in [0.05, 0.1) is 12.1 Å². The van der Waals surface area contributed by atoms with E-state index in [2.05, 4.69) is 21.7 Å². The molecule has 19 heavy (non-hydrogen) atoms. The summed E-state index contributed by atoms with van der Waals surface area (Å²) in [6.07, 6.45) is 3.82. The fourth-order valence-corrected chi connectivity index (χ4v) is 3.51. The molecule has 104 valence electrons. The Balaban J connectivity index is 1.88. The van der Waals surface area contributed by atoms with Crippen LogP contribution in [0.2, 0.25) is 0 Å². The molecule has 2 fully saturated rings. The summed E-state index contributed by atoms with van der Waals surface area (Å²) < 4.78 is 13.3. The molecule has 0 aliphatic carbocycles. The van der Waals surface area contributed by atoms with Gasteiger partial charge >= 0.3 is 0 Å². The van der Waals surface area contributed by atoms with Gasteiger partial charge in [-0.1, -0.05) is 0 Å². The zero-order chi connectivity index (χ0) is 13.4. The van der Waals surface area contributed by atoms with Gasteiger partial charge in [-0.25, -0.2) is 9.37 Å². The van der Waals surface area contributed by atoms with Gasteiger partial charge in [0, 0.05) is 30.7 Å². The van der Waals surface area contributed by atoms with Crippen molar-refractivity contribution < 1.29 is 4.39 Å². The van der Waals surface area contributed by atoms with Crippen LogP contribution >= 0.6 is 11.6 Å². The molecular formula is C14H19ClFN3. The Morgan fingerprint density at radius 3 is 3.11 bits per heavy atom. The molecule has 2 aliphatic rings. The summed E-state index contributed by atoms with van der Waals surface area (Å²) in [4.78, 5) is 9.14. The van der Waals surface area contributed by atoms with E-state index in [9.17, 15) is 4.39 Å². The third-order valence-corrected chi connectivity index (χ3v) is 4.55. The van der Waals surface area contributed by atoms with E-state index in [0.717, 1.165) is 24.5 Å². The molecule has 0 aromatic carbocycles. The van der Waals surface area contributed by atoms with Gasteiger partial charge in [0.25, 0.3) is 0 Å². The van der Waals surface area contributed by atoms with Crippen LogP contribution < -0.4 is 4.90 Å². The van der Waals surface area contributed by atoms with Crippen molar-refractivity contribution in [2.75, 3.05) is 24.5 Å². The number of pyridine rings is 1. The van der Waals surface area contributed by atoms with Crippen LogP contribution in [-0.2, 0) is 5.88 Å². The molecule has 0 N–H and O–H groups in total. The lowest BCUT2D eigenvalue weighted by atomic mass is 10.1. The molecule has 2 aliphatic heterocycles. The van der Waals surface area contributed by atoms with Gasteiger partial charge in [-0.2, -0.15) is 0 Å². The number of anilines is 1. The minimum absolute atomic E-state index is 0.303. The van der Waals surface area contributed by atoms with Gasteiger partial charge in [-0.3, -0.25) is 4.90 Å². The van der Waals surface area contributed by atoms with E-state index in [4.69, 9.17) is 11.6 Å². The van der Waals surface area contributed by atoms with Gasteiger partial charge < -0.3 is 4.90 Å². The zero-order valence-electron chi connectivity index (χ0n) is 11.1. The molecule has 3 heterocycles. The standard InChI is InChI=1S/C14H19ClFN3/c1-10-8-18-4-2-3-13(18)9-19(10)14-11(6-15)5-12(16)7-17-14/h5,7,10,13H,2-4,6,8-9H2,1H3. The number of fused-ring (bicyclic) bond motifs is 1. The number of nitrogens with zero attached hydrogens (tertiary/aromatic N) is 3. The Morgan fingerprint density at radius 1 is 1.47 bits per heavy atom. The van der Waals surface area contributed by atoms with Crippen molar-refractivity contribution >= 4 is 17.4 Å². The van der Waals surface area contributed by atoms with Crippen molar-refractivity contribution in [2.24, 2.45) is 0 Å². The topological polar surface area (TPSA) is 19.4 Å². The first kappa shape index (κ1) is 13.1. The number of hydrogen-bond acceptors (Lipinski definition) is 3. The SMILES string of the molecule is CC1CN2CCCC2CN1c1ncc(F)cc1CCl. The fourth-order valence-electron chi connectivity index (χ4n) is 3.31. The smallest absolute Gasteiger partial charge is 0.141 e. The number of rotatable bonds is 2. The van der Waals surface area contributed by atoms with Crippen LogP contribution in [0.4, 0.5) is 10.2 Å². The molecule has 1 aromatic heterocycles. The van der Waals surface area contributed by atoms with Crippen LogP contribution in [0.3, 0.4) is 0 Å². The highest BCUT2D eigenvalue weighted by atomic mass is 35.5. The van der Waals surface area contributed by atoms with Gasteiger partial charge in [0.1, 0.15) is 11.6 Å². The van der Waals surface area contributed by atoms with Crippen LogP contribution in [0.15, 0.2) is 12.3 Å². The maximum atomic E-state index is 13.3. The van der Waals surface area contributed by atoms with Crippen LogP contribution in [0, 0.1) is 5.82 Å². The fraction of sp³-hybridized carbons (Fsp3) is 0.643. The first-order valence-corrected chi connectivity index (χ1v) is 7.43. The largest absolute Gasteiger partial charge is 0.351 e. The molecule has 3 rings (SSSR count). The lowest BCUT2D eigenvalue weighted by molar-refractivity contribution is 0.202. The highest BCUT2D eigenvalue weighted by Crippen LogP contribution is 2.30. The van der Waals surface area contributed by atoms with Crippen molar-refractivity contribution in [1.82, 2.24) is 9.88 Å². The molecule has 2 saturated heterocycles. The summed E-state index contributed by atoms with van der Waals surface area (Å²) in [5, 5.41) is 0. The number of aromatic nitrogens is 1. The molecule has 0 bridgehead atoms. The van der Waals surface area contributed by atoms with E-state index in [-0.39, 0.29) is 5.82 Å². The summed E-state index contributed by atoms with van der Waals surface area (Å²) in [6, 6.07) is 2.52. The number of alkyl halides is 1. The normalized spacial score (nSPS) is 27.6. The van der Waals surface area contributed by atoms with Crippen LogP contribution in [0.5, 0.6) is 0 Å². The highest BCUT2D eigenvalue weighted by Gasteiger charge is 2.35. The molecule has 2 unspecified atom stereocenters. The number of hydrogen-bond donors (Lipinski definition) is 0. The Bertz CT molecular complexity index is 468. The maximum Gasteiger partial charge on any atom is 0.141 e. The molecule has 0 amide bonds. The number of halogens is 2. The summed E-state index contributed by atoms with van der Waals surface area (Å²) in [7, 11) is 0. The first-order valence-electron chi connectivity index (χ1n) is 6.90. The van der Waals surface area contributed by atoms with E-state index in [1.807, 2.05) is 0 Å². The summed E-state index contributed by atoms with van der Waals surface area (Å²) in [6.45, 7) is 5.45. The Hall–Kier alpha value is -0.870. The van der Waals surface area contributed by atoms with Gasteiger partial charge in [-0.05, 0) is 32.4 Å². The minimum Gasteiger partial charge on any atom is -0.351 e. The van der Waals surface area contributed by atoms with Gasteiger partial charge in [-0.15, -0.1) is 11.6 Å². The van der Waals surface area contributed by atoms with Crippen molar-refractivity contribution in [3.8, 4) is 0 Å². The lowest BCUT2D eigenvalue weighted by Crippen LogP contribution is -2.55. The van der Waals surface area contributed by atoms with Crippen LogP contribution in [0.25, 0.3) is 0 Å². The van der Waals surface area contributed by atoms with E-state index in [1.165, 1.54) is 31.6 Å². The quantitative estimate of drug-likeness (QED) is 0.778. The average Bonchev–Trinajstić information content (AvgIpc) is 2.85. The van der Waals surface area contributed by atoms with E-state index in [0.29, 0.717) is 18.0 Å². The maximum absolute atomic E-state index is 13.3. The molecule has 3 nitrogen and oxygen atoms in total. The second kappa shape index (κ2) is 5.25. The molecular weight excluding hydrogens is 265 g/mol. The molecule has 2 atom stereocenters. The molecule has 0 saturated carbocycles. The first-order chi connectivity index (χ1) is 9.19. The van der Waals surface area contributed by atoms with Crippen molar-refractivity contribution in [3.05, 3.63) is 23.6 Å². The summed E-state index contributed by atoms with van der Waals surface area (Å²) in [5.41, 5.74) is 0.792. The van der Waals surface area contributed by atoms with E-state index < -0.39 is 0 Å². The van der Waals surface area contributed by atoms with Crippen molar-refractivity contribution in [1.29, 1.82) is 0 Å². The van der Waals surface area contributed by atoms with Gasteiger partial charge in [0.15, 0.2) is 0 Å². The molecule has 1 aromatic rings. The average molecular weight is 284 g/mol. The monoisotopic (exact) mass is 283 g/mol. The van der Waals surface area contributed by atoms with Gasteiger partial charge in [0.2, 0.25) is 0 Å². The third-order valence-electron chi connectivity index (χ3n) is 4.26. The molecule has 0 spiro atoms. The molecule has 5 heteroatoms. The summed E-state index contributed by atoms with van der Waals surface area (Å²) in [5.74, 6) is 0.847. The van der Waals surface area contributed by atoms with E-state index >= 15 is 0 Å². The Morgan fingerprint density at radius 2 is 2.32 bits per heavy atom. The predicted molar refractivity (Wildman–Crippen MR) is 75.2 cm³/mol. The highest BCUT2D eigenvalue weighted by molar-refractivity contribution is 6.17.